The van der Waals surface area contributed by atoms with Crippen LogP contribution in [-0.4, -0.2) is 13.2 Å². The molecule has 1 aromatic rings. The molecule has 1 aliphatic carbocycles. The third-order valence-electron chi connectivity index (χ3n) is 5.78. The molecule has 0 bridgehead atoms. The Balaban J connectivity index is 1.60. The van der Waals surface area contributed by atoms with Crippen LogP contribution >= 0.6 is 0 Å². The lowest BCUT2D eigenvalue weighted by Gasteiger charge is -2.26. The van der Waals surface area contributed by atoms with Gasteiger partial charge in [0.2, 0.25) is 0 Å². The number of benzene rings is 1. The van der Waals surface area contributed by atoms with E-state index in [2.05, 4.69) is 19.1 Å². The summed E-state index contributed by atoms with van der Waals surface area (Å²) in [6, 6.07) is 6.36. The molecule has 0 atom stereocenters. The fourth-order valence-corrected chi connectivity index (χ4v) is 4.19. The first-order chi connectivity index (χ1) is 12.7. The second-order valence-corrected chi connectivity index (χ2v) is 8.11. The predicted molar refractivity (Wildman–Crippen MR) is 111 cm³/mol. The summed E-state index contributed by atoms with van der Waals surface area (Å²) in [7, 11) is 0. The molecular weight excluding hydrogens is 320 g/mol. The maximum absolute atomic E-state index is 5.68. The molecule has 0 heterocycles. The van der Waals surface area contributed by atoms with E-state index >= 15 is 0 Å². The Morgan fingerprint density at radius 3 is 1.96 bits per heavy atom. The normalized spacial score (nSPS) is 20.1. The van der Waals surface area contributed by atoms with E-state index in [0.717, 1.165) is 29.8 Å². The monoisotopic (exact) mass is 360 g/mol. The van der Waals surface area contributed by atoms with E-state index in [1.165, 1.54) is 69.8 Å². The topological polar surface area (TPSA) is 18.5 Å². The van der Waals surface area contributed by atoms with Crippen LogP contribution in [0.3, 0.4) is 0 Å². The second kappa shape index (κ2) is 12.3. The van der Waals surface area contributed by atoms with Gasteiger partial charge in [0.25, 0.3) is 0 Å². The number of aryl methyl sites for hydroxylation is 1. The van der Waals surface area contributed by atoms with Crippen LogP contribution < -0.4 is 9.47 Å². The Labute approximate surface area is 161 Å². The minimum atomic E-state index is 0.703. The zero-order valence-corrected chi connectivity index (χ0v) is 17.4. The highest BCUT2D eigenvalue weighted by molar-refractivity contribution is 5.38. The standard InChI is InChI=1S/C24H40O2/c1-4-25-23-17-22(18-24(19-23)26-5-2)12-10-8-6-7-9-11-21-15-13-20(3)14-16-21/h17-21H,4-16H2,1-3H3. The van der Waals surface area contributed by atoms with E-state index in [9.17, 15) is 0 Å². The van der Waals surface area contributed by atoms with Gasteiger partial charge < -0.3 is 9.47 Å². The molecule has 0 spiro atoms. The first kappa shape index (κ1) is 21.1. The summed E-state index contributed by atoms with van der Waals surface area (Å²) in [5, 5.41) is 0. The summed E-state index contributed by atoms with van der Waals surface area (Å²) in [4.78, 5) is 0. The molecule has 26 heavy (non-hydrogen) atoms. The van der Waals surface area contributed by atoms with Crippen LogP contribution in [0.4, 0.5) is 0 Å². The van der Waals surface area contributed by atoms with E-state index in [1.807, 2.05) is 19.9 Å². The van der Waals surface area contributed by atoms with E-state index in [0.29, 0.717) is 13.2 Å². The molecule has 0 aliphatic heterocycles. The highest BCUT2D eigenvalue weighted by Gasteiger charge is 2.17. The molecule has 148 valence electrons. The average molecular weight is 361 g/mol. The van der Waals surface area contributed by atoms with Gasteiger partial charge in [-0.3, -0.25) is 0 Å². The Bertz CT molecular complexity index is 465. The van der Waals surface area contributed by atoms with Crippen molar-refractivity contribution in [1.29, 1.82) is 0 Å². The van der Waals surface area contributed by atoms with Crippen molar-refractivity contribution < 1.29 is 9.47 Å². The average Bonchev–Trinajstić information content (AvgIpc) is 2.63. The van der Waals surface area contributed by atoms with Gasteiger partial charge in [0.1, 0.15) is 11.5 Å². The SMILES string of the molecule is CCOc1cc(CCCCCCCC2CCC(C)CC2)cc(OCC)c1. The van der Waals surface area contributed by atoms with Gasteiger partial charge in [-0.1, -0.05) is 64.7 Å². The molecular formula is C24H40O2. The summed E-state index contributed by atoms with van der Waals surface area (Å²) < 4.78 is 11.4. The van der Waals surface area contributed by atoms with Gasteiger partial charge in [-0.05, 0) is 56.2 Å². The Kier molecular flexibility index (Phi) is 9.95. The maximum atomic E-state index is 5.68. The van der Waals surface area contributed by atoms with E-state index in [4.69, 9.17) is 9.47 Å². The fraction of sp³-hybridized carbons (Fsp3) is 0.750. The van der Waals surface area contributed by atoms with Crippen LogP contribution in [0.25, 0.3) is 0 Å². The molecule has 1 fully saturated rings. The molecule has 0 N–H and O–H groups in total. The molecule has 2 nitrogen and oxygen atoms in total. The molecule has 2 rings (SSSR count). The van der Waals surface area contributed by atoms with Crippen LogP contribution in [-0.2, 0) is 6.42 Å². The van der Waals surface area contributed by atoms with Gasteiger partial charge in [-0.15, -0.1) is 0 Å². The van der Waals surface area contributed by atoms with Gasteiger partial charge in [0.15, 0.2) is 0 Å². The minimum absolute atomic E-state index is 0.703. The molecule has 1 aliphatic rings. The van der Waals surface area contributed by atoms with Crippen molar-refractivity contribution in [3.63, 3.8) is 0 Å². The lowest BCUT2D eigenvalue weighted by molar-refractivity contribution is 0.271. The fourth-order valence-electron chi connectivity index (χ4n) is 4.19. The van der Waals surface area contributed by atoms with Crippen LogP contribution in [0.2, 0.25) is 0 Å². The first-order valence-electron chi connectivity index (χ1n) is 11.1. The van der Waals surface area contributed by atoms with Crippen molar-refractivity contribution in [1.82, 2.24) is 0 Å². The quantitative estimate of drug-likeness (QED) is 0.367. The Hall–Kier alpha value is -1.18. The van der Waals surface area contributed by atoms with Crippen molar-refractivity contribution >= 4 is 0 Å². The summed E-state index contributed by atoms with van der Waals surface area (Å²) in [5.74, 6) is 3.89. The van der Waals surface area contributed by atoms with E-state index in [-0.39, 0.29) is 0 Å². The highest BCUT2D eigenvalue weighted by atomic mass is 16.5. The summed E-state index contributed by atoms with van der Waals surface area (Å²) in [5.41, 5.74) is 1.34. The molecule has 1 aromatic carbocycles. The number of unbranched alkanes of at least 4 members (excludes halogenated alkanes) is 4. The van der Waals surface area contributed by atoms with Crippen molar-refractivity contribution in [2.24, 2.45) is 11.8 Å². The van der Waals surface area contributed by atoms with E-state index < -0.39 is 0 Å². The minimum Gasteiger partial charge on any atom is -0.494 e. The number of hydrogen-bond acceptors (Lipinski definition) is 2. The largest absolute Gasteiger partial charge is 0.494 e. The number of ether oxygens (including phenoxy) is 2. The van der Waals surface area contributed by atoms with Gasteiger partial charge in [-0.25, -0.2) is 0 Å². The number of hydrogen-bond donors (Lipinski definition) is 0. The van der Waals surface area contributed by atoms with Gasteiger partial charge >= 0.3 is 0 Å². The predicted octanol–water partition coefficient (Wildman–Crippen LogP) is 7.19. The van der Waals surface area contributed by atoms with Crippen LogP contribution in [0.15, 0.2) is 18.2 Å². The third-order valence-corrected chi connectivity index (χ3v) is 5.78. The Morgan fingerprint density at radius 2 is 1.35 bits per heavy atom. The molecule has 0 unspecified atom stereocenters. The highest BCUT2D eigenvalue weighted by Crippen LogP contribution is 2.31. The molecule has 0 aromatic heterocycles. The van der Waals surface area contributed by atoms with Crippen LogP contribution in [0, 0.1) is 11.8 Å². The third kappa shape index (κ3) is 8.01. The molecule has 2 heteroatoms. The number of rotatable bonds is 12. The lowest BCUT2D eigenvalue weighted by atomic mass is 9.80. The van der Waals surface area contributed by atoms with Crippen molar-refractivity contribution in [3.8, 4) is 11.5 Å². The Morgan fingerprint density at radius 1 is 0.769 bits per heavy atom. The molecule has 0 saturated heterocycles. The van der Waals surface area contributed by atoms with Gasteiger partial charge in [0.05, 0.1) is 13.2 Å². The van der Waals surface area contributed by atoms with Crippen molar-refractivity contribution in [2.45, 2.75) is 91.4 Å². The van der Waals surface area contributed by atoms with Crippen LogP contribution in [0.1, 0.15) is 90.5 Å². The van der Waals surface area contributed by atoms with Crippen LogP contribution in [0.5, 0.6) is 11.5 Å². The molecule has 0 amide bonds. The zero-order chi connectivity index (χ0) is 18.6. The van der Waals surface area contributed by atoms with Crippen molar-refractivity contribution in [3.05, 3.63) is 23.8 Å². The lowest BCUT2D eigenvalue weighted by Crippen LogP contribution is -2.12. The molecule has 1 saturated carbocycles. The molecule has 0 radical (unpaired) electrons. The van der Waals surface area contributed by atoms with E-state index in [1.54, 1.807) is 0 Å². The van der Waals surface area contributed by atoms with Gasteiger partial charge in [-0.2, -0.15) is 0 Å². The first-order valence-corrected chi connectivity index (χ1v) is 11.1. The van der Waals surface area contributed by atoms with Crippen molar-refractivity contribution in [2.75, 3.05) is 13.2 Å². The second-order valence-electron chi connectivity index (χ2n) is 8.11. The summed E-state index contributed by atoms with van der Waals surface area (Å²) >= 11 is 0. The zero-order valence-electron chi connectivity index (χ0n) is 17.4. The smallest absolute Gasteiger partial charge is 0.123 e. The maximum Gasteiger partial charge on any atom is 0.123 e. The van der Waals surface area contributed by atoms with Gasteiger partial charge in [0, 0.05) is 6.07 Å². The summed E-state index contributed by atoms with van der Waals surface area (Å²) in [6.45, 7) is 7.88. The summed E-state index contributed by atoms with van der Waals surface area (Å²) in [6.07, 6.45) is 15.3.